The van der Waals surface area contributed by atoms with Crippen molar-refractivity contribution < 1.29 is 9.90 Å². The van der Waals surface area contributed by atoms with Gasteiger partial charge in [-0.05, 0) is 49.6 Å². The molecule has 0 aliphatic rings. The number of benzene rings is 3. The van der Waals surface area contributed by atoms with E-state index in [1.54, 1.807) is 12.1 Å². The summed E-state index contributed by atoms with van der Waals surface area (Å²) in [6.07, 6.45) is 0.775. The molecule has 1 unspecified atom stereocenters. The minimum absolute atomic E-state index is 0.101. The van der Waals surface area contributed by atoms with Crippen LogP contribution in [0.1, 0.15) is 18.1 Å². The fourth-order valence-electron chi connectivity index (χ4n) is 3.48. The minimum Gasteiger partial charge on any atom is -0.507 e. The van der Waals surface area contributed by atoms with Crippen molar-refractivity contribution in [3.63, 3.8) is 0 Å². The van der Waals surface area contributed by atoms with E-state index in [1.807, 2.05) is 73.0 Å². The molecule has 0 aliphatic heterocycles. The van der Waals surface area contributed by atoms with Gasteiger partial charge in [0.25, 0.3) is 0 Å². The van der Waals surface area contributed by atoms with Crippen LogP contribution in [-0.2, 0) is 17.8 Å². The van der Waals surface area contributed by atoms with E-state index in [2.05, 4.69) is 27.6 Å². The van der Waals surface area contributed by atoms with Crippen LogP contribution in [-0.4, -0.2) is 31.0 Å². The fourth-order valence-corrected chi connectivity index (χ4v) is 4.36. The van der Waals surface area contributed by atoms with E-state index >= 15 is 0 Å². The summed E-state index contributed by atoms with van der Waals surface area (Å²) in [5, 5.41) is 22.4. The van der Waals surface area contributed by atoms with Gasteiger partial charge in [-0.25, -0.2) is 0 Å². The number of phenolic OH excluding ortho intramolecular Hbond substituents is 1. The van der Waals surface area contributed by atoms with Crippen LogP contribution in [0.4, 0.5) is 5.69 Å². The average Bonchev–Trinajstić information content (AvgIpc) is 3.22. The summed E-state index contributed by atoms with van der Waals surface area (Å²) in [6.45, 7) is 4.44. The van der Waals surface area contributed by atoms with Gasteiger partial charge in [0.05, 0.1) is 10.8 Å². The SMILES string of the molecule is Cc1ccccc1NC(=O)C(C)Sc1nnc(-c2ccccc2O)n1CCc1ccccc1. The molecule has 1 aromatic heterocycles. The van der Waals surface area contributed by atoms with Gasteiger partial charge in [0.2, 0.25) is 5.91 Å². The summed E-state index contributed by atoms with van der Waals surface area (Å²) in [7, 11) is 0. The lowest BCUT2D eigenvalue weighted by atomic mass is 10.1. The third-order valence-electron chi connectivity index (χ3n) is 5.38. The summed E-state index contributed by atoms with van der Waals surface area (Å²) >= 11 is 1.36. The zero-order chi connectivity index (χ0) is 23.2. The Balaban J connectivity index is 1.58. The smallest absolute Gasteiger partial charge is 0.237 e. The first kappa shape index (κ1) is 22.6. The highest BCUT2D eigenvalue weighted by Gasteiger charge is 2.22. The number of hydrogen-bond donors (Lipinski definition) is 2. The third-order valence-corrected chi connectivity index (χ3v) is 6.46. The number of carbonyl (C=O) groups is 1. The zero-order valence-corrected chi connectivity index (χ0v) is 19.4. The predicted octanol–water partition coefficient (Wildman–Crippen LogP) is 5.32. The molecule has 4 aromatic rings. The fraction of sp³-hybridized carbons (Fsp3) is 0.192. The second-order valence-corrected chi connectivity index (χ2v) is 9.08. The lowest BCUT2D eigenvalue weighted by molar-refractivity contribution is -0.115. The maximum atomic E-state index is 12.9. The number of aromatic hydroxyl groups is 1. The molecule has 0 aliphatic carbocycles. The Bertz CT molecular complexity index is 1240. The van der Waals surface area contributed by atoms with Gasteiger partial charge >= 0.3 is 0 Å². The van der Waals surface area contributed by atoms with Crippen LogP contribution in [0.25, 0.3) is 11.4 Å². The average molecular weight is 459 g/mol. The predicted molar refractivity (Wildman–Crippen MR) is 132 cm³/mol. The highest BCUT2D eigenvalue weighted by molar-refractivity contribution is 8.00. The number of anilines is 1. The number of nitrogens with zero attached hydrogens (tertiary/aromatic N) is 3. The Morgan fingerprint density at radius 2 is 1.70 bits per heavy atom. The molecular formula is C26H26N4O2S. The van der Waals surface area contributed by atoms with Crippen LogP contribution in [0.5, 0.6) is 5.75 Å². The molecule has 0 saturated heterocycles. The van der Waals surface area contributed by atoms with Crippen molar-refractivity contribution in [3.05, 3.63) is 90.0 Å². The van der Waals surface area contributed by atoms with Gasteiger partial charge in [-0.2, -0.15) is 0 Å². The van der Waals surface area contributed by atoms with Crippen LogP contribution in [0.2, 0.25) is 0 Å². The van der Waals surface area contributed by atoms with Crippen LogP contribution in [0.3, 0.4) is 0 Å². The summed E-state index contributed by atoms with van der Waals surface area (Å²) in [6, 6.07) is 25.0. The Labute approximate surface area is 197 Å². The van der Waals surface area contributed by atoms with Gasteiger partial charge in [-0.1, -0.05) is 72.4 Å². The van der Waals surface area contributed by atoms with E-state index < -0.39 is 0 Å². The van der Waals surface area contributed by atoms with Crippen molar-refractivity contribution >= 4 is 23.4 Å². The molecule has 0 bridgehead atoms. The van der Waals surface area contributed by atoms with Crippen molar-refractivity contribution in [3.8, 4) is 17.1 Å². The molecular weight excluding hydrogens is 432 g/mol. The maximum Gasteiger partial charge on any atom is 0.237 e. The largest absolute Gasteiger partial charge is 0.507 e. The Morgan fingerprint density at radius 1 is 1.00 bits per heavy atom. The van der Waals surface area contributed by atoms with Crippen molar-refractivity contribution in [1.82, 2.24) is 14.8 Å². The first-order valence-corrected chi connectivity index (χ1v) is 11.7. The maximum absolute atomic E-state index is 12.9. The monoisotopic (exact) mass is 458 g/mol. The third kappa shape index (κ3) is 5.43. The van der Waals surface area contributed by atoms with Crippen molar-refractivity contribution in [2.75, 3.05) is 5.32 Å². The Morgan fingerprint density at radius 3 is 2.45 bits per heavy atom. The van der Waals surface area contributed by atoms with Crippen molar-refractivity contribution in [2.24, 2.45) is 0 Å². The first-order valence-electron chi connectivity index (χ1n) is 10.8. The molecule has 168 valence electrons. The number of rotatable bonds is 8. The molecule has 0 spiro atoms. The number of nitrogens with one attached hydrogen (secondary N) is 1. The second-order valence-electron chi connectivity index (χ2n) is 7.77. The van der Waals surface area contributed by atoms with Crippen LogP contribution < -0.4 is 5.32 Å². The number of amides is 1. The summed E-state index contributed by atoms with van der Waals surface area (Å²) in [4.78, 5) is 12.9. The molecule has 0 saturated carbocycles. The Hall–Kier alpha value is -3.58. The summed E-state index contributed by atoms with van der Waals surface area (Å²) in [5.41, 5.74) is 3.61. The van der Waals surface area contributed by atoms with E-state index in [0.717, 1.165) is 17.7 Å². The number of para-hydroxylation sites is 2. The summed E-state index contributed by atoms with van der Waals surface area (Å²) < 4.78 is 1.98. The second kappa shape index (κ2) is 10.4. The minimum atomic E-state index is -0.387. The van der Waals surface area contributed by atoms with E-state index in [9.17, 15) is 9.90 Å². The lowest BCUT2D eigenvalue weighted by Crippen LogP contribution is -2.23. The van der Waals surface area contributed by atoms with Gasteiger partial charge in [0.15, 0.2) is 11.0 Å². The van der Waals surface area contributed by atoms with Crippen LogP contribution in [0, 0.1) is 6.92 Å². The Kier molecular flexibility index (Phi) is 7.10. The molecule has 33 heavy (non-hydrogen) atoms. The number of aryl methyl sites for hydroxylation is 2. The van der Waals surface area contributed by atoms with E-state index in [-0.39, 0.29) is 16.9 Å². The van der Waals surface area contributed by atoms with Crippen LogP contribution in [0.15, 0.2) is 84.0 Å². The highest BCUT2D eigenvalue weighted by Crippen LogP contribution is 2.32. The molecule has 3 aromatic carbocycles. The van der Waals surface area contributed by atoms with Gasteiger partial charge in [-0.3, -0.25) is 4.79 Å². The molecule has 6 nitrogen and oxygen atoms in total. The van der Waals surface area contributed by atoms with Gasteiger partial charge in [0, 0.05) is 12.2 Å². The number of thioether (sulfide) groups is 1. The number of hydrogen-bond acceptors (Lipinski definition) is 5. The van der Waals surface area contributed by atoms with Gasteiger partial charge in [-0.15, -0.1) is 10.2 Å². The molecule has 1 heterocycles. The standard InChI is InChI=1S/C26H26N4O2S/c1-18-10-6-8-14-22(18)27-25(32)19(2)33-26-29-28-24(21-13-7-9-15-23(21)31)30(26)17-16-20-11-4-3-5-12-20/h3-15,19,31H,16-17H2,1-2H3,(H,27,32). The van der Waals surface area contributed by atoms with Gasteiger partial charge in [0.1, 0.15) is 5.75 Å². The van der Waals surface area contributed by atoms with Gasteiger partial charge < -0.3 is 15.0 Å². The molecule has 7 heteroatoms. The van der Waals surface area contributed by atoms with Crippen molar-refractivity contribution in [1.29, 1.82) is 0 Å². The zero-order valence-electron chi connectivity index (χ0n) is 18.6. The van der Waals surface area contributed by atoms with E-state index in [4.69, 9.17) is 0 Å². The lowest BCUT2D eigenvalue weighted by Gasteiger charge is -2.15. The highest BCUT2D eigenvalue weighted by atomic mass is 32.2. The molecule has 2 N–H and O–H groups in total. The number of aromatic nitrogens is 3. The molecule has 0 radical (unpaired) electrons. The van der Waals surface area contributed by atoms with Crippen molar-refractivity contribution in [2.45, 2.75) is 37.2 Å². The topological polar surface area (TPSA) is 80.0 Å². The number of carbonyl (C=O) groups excluding carboxylic acids is 1. The molecule has 4 rings (SSSR count). The summed E-state index contributed by atoms with van der Waals surface area (Å²) in [5.74, 6) is 0.627. The number of phenols is 1. The molecule has 1 atom stereocenters. The van der Waals surface area contributed by atoms with E-state index in [0.29, 0.717) is 23.1 Å². The van der Waals surface area contributed by atoms with Crippen LogP contribution >= 0.6 is 11.8 Å². The normalized spacial score (nSPS) is 11.8. The molecule has 1 amide bonds. The quantitative estimate of drug-likeness (QED) is 0.349. The van der Waals surface area contributed by atoms with E-state index in [1.165, 1.54) is 17.3 Å². The molecule has 0 fully saturated rings. The first-order chi connectivity index (χ1) is 16.0.